The Hall–Kier alpha value is -5.54. The summed E-state index contributed by atoms with van der Waals surface area (Å²) in [5.74, 6) is 0. The molecule has 5 aromatic heterocycles. The Labute approximate surface area is 344 Å². The van der Waals surface area contributed by atoms with Gasteiger partial charge in [-0.05, 0) is 12.1 Å². The average Bonchev–Trinajstić information content (AvgIpc) is 4.12. The van der Waals surface area contributed by atoms with Crippen molar-refractivity contribution in [2.24, 2.45) is 0 Å². The van der Waals surface area contributed by atoms with Gasteiger partial charge in [0.1, 0.15) is 0 Å². The Morgan fingerprint density at radius 3 is 1.81 bits per heavy atom. The molecule has 1 aliphatic carbocycles. The van der Waals surface area contributed by atoms with Crippen LogP contribution in [-0.4, -0.2) is 48.1 Å². The third kappa shape index (κ3) is 3.94. The number of rotatable bonds is 2. The van der Waals surface area contributed by atoms with Gasteiger partial charge in [-0.3, -0.25) is 0 Å². The van der Waals surface area contributed by atoms with Crippen molar-refractivity contribution in [1.29, 1.82) is 0 Å². The number of para-hydroxylation sites is 3. The Balaban J connectivity index is 1.05. The van der Waals surface area contributed by atoms with Gasteiger partial charge in [-0.25, -0.2) is 0 Å². The van der Waals surface area contributed by atoms with Gasteiger partial charge in [0, 0.05) is 10.8 Å². The molecule has 14 rings (SSSR count). The Bertz CT molecular complexity index is 3590. The topological polar surface area (TPSA) is 21.3 Å². The second-order valence-electron chi connectivity index (χ2n) is 15.2. The minimum atomic E-state index is -0.324. The third-order valence-electron chi connectivity index (χ3n) is 12.6. The summed E-state index contributed by atoms with van der Waals surface area (Å²) in [5.41, 5.74) is 14.7. The summed E-state index contributed by atoms with van der Waals surface area (Å²) >= 11 is 0.898. The molecule has 0 N–H and O–H groups in total. The van der Waals surface area contributed by atoms with Gasteiger partial charge in [0.05, 0.1) is 0 Å². The number of anilines is 3. The molecule has 0 bridgehead atoms. The molecule has 0 radical (unpaired) electrons. The quantitative estimate of drug-likeness (QED) is 0.161. The zero-order valence-electron chi connectivity index (χ0n) is 30.2. The summed E-state index contributed by atoms with van der Waals surface area (Å²) in [4.78, 5) is 7.51. The molecule has 0 amide bonds. The van der Waals surface area contributed by atoms with E-state index in [4.69, 9.17) is 4.42 Å². The monoisotopic (exact) mass is 924 g/mol. The van der Waals surface area contributed by atoms with Gasteiger partial charge in [0.25, 0.3) is 0 Å². The molecule has 0 saturated heterocycles. The van der Waals surface area contributed by atoms with E-state index in [1.165, 1.54) is 74.7 Å². The maximum atomic E-state index is 6.60. The second-order valence-corrected chi connectivity index (χ2v) is 21.2. The van der Waals surface area contributed by atoms with E-state index in [1.54, 1.807) is 8.87 Å². The zero-order chi connectivity index (χ0) is 37.0. The van der Waals surface area contributed by atoms with Crippen molar-refractivity contribution < 1.29 is 4.42 Å². The molecule has 266 valence electrons. The molecule has 1 aliphatic heterocycles. The van der Waals surface area contributed by atoms with Crippen molar-refractivity contribution in [2.45, 2.75) is 5.41 Å². The Morgan fingerprint density at radius 2 is 1.07 bits per heavy atom. The van der Waals surface area contributed by atoms with Crippen LogP contribution in [0.15, 0.2) is 172 Å². The summed E-state index contributed by atoms with van der Waals surface area (Å²) < 4.78 is 15.3. The molecule has 2 aliphatic rings. The molecule has 7 aromatic carbocycles. The van der Waals surface area contributed by atoms with Gasteiger partial charge < -0.3 is 0 Å². The molecule has 0 atom stereocenters. The average molecular weight is 922 g/mol. The van der Waals surface area contributed by atoms with Crippen molar-refractivity contribution in [3.8, 4) is 14.6 Å². The van der Waals surface area contributed by atoms with Crippen LogP contribution in [0.4, 0.5) is 17.1 Å². The molecule has 0 fully saturated rings. The molecule has 1 spiro atoms. The van der Waals surface area contributed by atoms with Crippen LogP contribution in [0.2, 0.25) is 0 Å². The predicted molar refractivity (Wildman–Crippen MR) is 239 cm³/mol. The first-order chi connectivity index (χ1) is 28.3. The molecule has 12 aromatic rings. The summed E-state index contributed by atoms with van der Waals surface area (Å²) in [6, 6.07) is 59.2. The van der Waals surface area contributed by atoms with E-state index in [9.17, 15) is 0 Å². The van der Waals surface area contributed by atoms with Crippen LogP contribution < -0.4 is 4.90 Å². The normalized spacial score (nSPS) is 14.1. The summed E-state index contributed by atoms with van der Waals surface area (Å²) in [7, 11) is 0. The number of benzene rings is 7. The SMILES string of the molecule is c1ccc2c(c1)N(c1ccc3oc4ccc(-n5c6ccccc6c6ccccc65)cc4c3c1)c1ccc3c([se]c4ccccc43)c1C21c2cc[se]c2-c2[se]ccc21. The standard InChI is InChI=1S/C51H28N2OSe3/c1-5-13-40-31(9-1)32-10-2-6-14-41(32)52(40)29-17-21-44-35(27-29)36-28-30(18-22-45(36)54-44)53-42-15-7-4-12-37(42)51(38-23-25-55-49(38)50-39(51)24-26-56-50)47-43(53)20-19-34-33-11-3-8-16-46(33)57-48(34)47/h1-28H. The Morgan fingerprint density at radius 1 is 0.456 bits per heavy atom. The van der Waals surface area contributed by atoms with Crippen LogP contribution in [0.25, 0.3) is 77.6 Å². The minimum absolute atomic E-state index is 0.182. The number of hydrogen-bond donors (Lipinski definition) is 0. The van der Waals surface area contributed by atoms with Crippen molar-refractivity contribution in [1.82, 2.24) is 4.57 Å². The molecule has 3 nitrogen and oxygen atoms in total. The molecular formula is C51H28N2OSe3. The van der Waals surface area contributed by atoms with E-state index in [0.717, 1.165) is 33.3 Å². The van der Waals surface area contributed by atoms with Crippen LogP contribution >= 0.6 is 0 Å². The van der Waals surface area contributed by atoms with E-state index in [2.05, 4.69) is 177 Å². The van der Waals surface area contributed by atoms with Crippen LogP contribution in [0, 0.1) is 0 Å². The molecule has 0 saturated carbocycles. The van der Waals surface area contributed by atoms with E-state index < -0.39 is 0 Å². The maximum absolute atomic E-state index is 6.60. The molecule has 57 heavy (non-hydrogen) atoms. The zero-order valence-corrected chi connectivity index (χ0v) is 35.3. The summed E-state index contributed by atoms with van der Waals surface area (Å²) in [5, 5.41) is 7.59. The first-order valence-corrected chi connectivity index (χ1v) is 24.6. The summed E-state index contributed by atoms with van der Waals surface area (Å²) in [6.07, 6.45) is 0. The fraction of sp³-hybridized carbons (Fsp3) is 0.0196. The first kappa shape index (κ1) is 31.5. The van der Waals surface area contributed by atoms with Crippen molar-refractivity contribution in [2.75, 3.05) is 4.90 Å². The molecule has 6 heteroatoms. The van der Waals surface area contributed by atoms with E-state index in [0.29, 0.717) is 29.0 Å². The number of hydrogen-bond acceptors (Lipinski definition) is 2. The van der Waals surface area contributed by atoms with Gasteiger partial charge in [0.2, 0.25) is 0 Å². The van der Waals surface area contributed by atoms with E-state index in [1.807, 2.05) is 0 Å². The number of fused-ring (bicyclic) bond motifs is 19. The van der Waals surface area contributed by atoms with Crippen LogP contribution in [0.3, 0.4) is 0 Å². The predicted octanol–water partition coefficient (Wildman–Crippen LogP) is 12.3. The Kier molecular flexibility index (Phi) is 6.26. The number of aromatic nitrogens is 1. The van der Waals surface area contributed by atoms with Crippen molar-refractivity contribution in [3.63, 3.8) is 0 Å². The fourth-order valence-electron chi connectivity index (χ4n) is 10.4. The van der Waals surface area contributed by atoms with Crippen LogP contribution in [-0.2, 0) is 5.41 Å². The molecule has 6 heterocycles. The van der Waals surface area contributed by atoms with Crippen LogP contribution in [0.1, 0.15) is 22.3 Å². The van der Waals surface area contributed by atoms with Gasteiger partial charge in [0.15, 0.2) is 0 Å². The van der Waals surface area contributed by atoms with Crippen molar-refractivity contribution >= 4 is 124 Å². The van der Waals surface area contributed by atoms with Crippen LogP contribution in [0.5, 0.6) is 0 Å². The summed E-state index contributed by atoms with van der Waals surface area (Å²) in [6.45, 7) is 0. The van der Waals surface area contributed by atoms with E-state index >= 15 is 0 Å². The first-order valence-electron chi connectivity index (χ1n) is 19.2. The van der Waals surface area contributed by atoms with Crippen molar-refractivity contribution in [3.05, 3.63) is 190 Å². The third-order valence-corrected chi connectivity index (χ3v) is 19.7. The van der Waals surface area contributed by atoms with Gasteiger partial charge >= 0.3 is 288 Å². The van der Waals surface area contributed by atoms with Gasteiger partial charge in [-0.1, -0.05) is 36.4 Å². The van der Waals surface area contributed by atoms with E-state index in [-0.39, 0.29) is 19.9 Å². The van der Waals surface area contributed by atoms with Gasteiger partial charge in [-0.2, -0.15) is 0 Å². The molecular weight excluding hydrogens is 893 g/mol. The number of furan rings is 1. The number of nitrogens with zero attached hydrogens (tertiary/aromatic N) is 2. The fourth-order valence-corrected chi connectivity index (χ4v) is 17.9. The van der Waals surface area contributed by atoms with Gasteiger partial charge in [-0.15, -0.1) is 0 Å². The second kappa shape index (κ2) is 11.3. The molecule has 0 unspecified atom stereocenters.